The van der Waals surface area contributed by atoms with Crippen molar-refractivity contribution in [1.29, 1.82) is 0 Å². The lowest BCUT2D eigenvalue weighted by Gasteiger charge is -2.39. The fourth-order valence-electron chi connectivity index (χ4n) is 5.92. The third-order valence-electron chi connectivity index (χ3n) is 8.30. The van der Waals surface area contributed by atoms with Crippen LogP contribution in [-0.4, -0.2) is 81.8 Å². The minimum absolute atomic E-state index is 0.00883. The van der Waals surface area contributed by atoms with Crippen molar-refractivity contribution in [2.45, 2.75) is 64.3 Å². The van der Waals surface area contributed by atoms with E-state index < -0.39 is 5.60 Å². The van der Waals surface area contributed by atoms with E-state index in [0.29, 0.717) is 70.2 Å². The summed E-state index contributed by atoms with van der Waals surface area (Å²) in [5.74, 6) is 1.50. The molecule has 0 saturated carbocycles. The van der Waals surface area contributed by atoms with Crippen LogP contribution in [0.15, 0.2) is 66.7 Å². The summed E-state index contributed by atoms with van der Waals surface area (Å²) in [7, 11) is 1.64. The Hall–Kier alpha value is -4.35. The predicted octanol–water partition coefficient (Wildman–Crippen LogP) is 6.75. The highest BCUT2D eigenvalue weighted by atomic mass is 19.1. The number of carbonyl (C=O) groups excluding carboxylic acids is 2. The Morgan fingerprint density at radius 1 is 0.959 bits per heavy atom. The lowest BCUT2D eigenvalue weighted by molar-refractivity contribution is -0.121. The summed E-state index contributed by atoms with van der Waals surface area (Å²) in [6, 6.07) is 19.8. The normalized spacial score (nSPS) is 17.7. The molecule has 0 spiro atoms. The first-order valence-corrected chi connectivity index (χ1v) is 16.9. The minimum atomic E-state index is -0.608. The van der Waals surface area contributed by atoms with Crippen molar-refractivity contribution < 1.29 is 42.4 Å². The van der Waals surface area contributed by atoms with Crippen molar-refractivity contribution in [2.24, 2.45) is 0 Å². The van der Waals surface area contributed by atoms with E-state index in [2.05, 4.69) is 0 Å². The summed E-state index contributed by atoms with van der Waals surface area (Å²) in [6.45, 7) is 8.74. The summed E-state index contributed by atoms with van der Waals surface area (Å²) >= 11 is 0. The van der Waals surface area contributed by atoms with Gasteiger partial charge >= 0.3 is 6.09 Å². The lowest BCUT2D eigenvalue weighted by Crippen LogP contribution is -2.48. The molecule has 1 fully saturated rings. The molecule has 2 aliphatic heterocycles. The van der Waals surface area contributed by atoms with Crippen LogP contribution in [0.4, 0.5) is 14.9 Å². The number of anilines is 1. The van der Waals surface area contributed by atoms with Gasteiger partial charge in [-0.25, -0.2) is 9.18 Å². The molecule has 49 heavy (non-hydrogen) atoms. The average molecular weight is 679 g/mol. The van der Waals surface area contributed by atoms with Gasteiger partial charge in [-0.05, 0) is 81.1 Å². The van der Waals surface area contributed by atoms with Crippen LogP contribution in [0.1, 0.15) is 57.1 Å². The Bertz CT molecular complexity index is 1540. The number of fused-ring (bicyclic) bond motifs is 1. The number of piperidine rings is 1. The van der Waals surface area contributed by atoms with Crippen LogP contribution >= 0.6 is 0 Å². The summed E-state index contributed by atoms with van der Waals surface area (Å²) in [6.07, 6.45) is 1.38. The third-order valence-corrected chi connectivity index (χ3v) is 8.30. The maximum atomic E-state index is 13.4. The smallest absolute Gasteiger partial charge is 0.410 e. The summed E-state index contributed by atoms with van der Waals surface area (Å²) < 4.78 is 48.0. The van der Waals surface area contributed by atoms with E-state index >= 15 is 0 Å². The van der Waals surface area contributed by atoms with Crippen molar-refractivity contribution in [1.82, 2.24) is 4.90 Å². The number of hydrogen-bond donors (Lipinski definition) is 0. The molecular weight excluding hydrogens is 631 g/mol. The topological polar surface area (TPSA) is 96.0 Å². The zero-order valence-electron chi connectivity index (χ0n) is 28.8. The number of likely N-dealkylation sites (tertiary alicyclic amines) is 1. The van der Waals surface area contributed by atoms with Crippen LogP contribution < -0.4 is 19.1 Å². The number of carbonyl (C=O) groups is 2. The Morgan fingerprint density at radius 3 is 2.47 bits per heavy atom. The summed E-state index contributed by atoms with van der Waals surface area (Å²) in [5, 5.41) is 0. The van der Waals surface area contributed by atoms with Gasteiger partial charge in [-0.15, -0.1) is 0 Å². The number of hydrogen-bond acceptors (Lipinski definition) is 8. The molecule has 0 aliphatic carbocycles. The summed E-state index contributed by atoms with van der Waals surface area (Å²) in [4.78, 5) is 29.2. The minimum Gasteiger partial charge on any atom is -0.493 e. The van der Waals surface area contributed by atoms with Crippen LogP contribution in [0.25, 0.3) is 0 Å². The molecule has 5 rings (SSSR count). The Kier molecular flexibility index (Phi) is 12.4. The van der Waals surface area contributed by atoms with Crippen LogP contribution in [0, 0.1) is 5.82 Å². The van der Waals surface area contributed by atoms with E-state index in [9.17, 15) is 14.0 Å². The van der Waals surface area contributed by atoms with Gasteiger partial charge in [-0.3, -0.25) is 4.79 Å². The molecule has 0 radical (unpaired) electrons. The van der Waals surface area contributed by atoms with E-state index in [4.69, 9.17) is 28.4 Å². The lowest BCUT2D eigenvalue weighted by atomic mass is 9.87. The predicted molar refractivity (Wildman–Crippen MR) is 183 cm³/mol. The van der Waals surface area contributed by atoms with Gasteiger partial charge in [-0.2, -0.15) is 0 Å². The molecule has 2 heterocycles. The Labute approximate surface area is 288 Å². The number of nitrogens with zero attached hydrogens (tertiary/aromatic N) is 2. The van der Waals surface area contributed by atoms with Gasteiger partial charge in [0.25, 0.3) is 5.91 Å². The van der Waals surface area contributed by atoms with Gasteiger partial charge in [0, 0.05) is 45.2 Å². The Balaban J connectivity index is 1.23. The molecule has 0 bridgehead atoms. The largest absolute Gasteiger partial charge is 0.493 e. The second-order valence-corrected chi connectivity index (χ2v) is 13.2. The average Bonchev–Trinajstić information content (AvgIpc) is 3.07. The first-order valence-electron chi connectivity index (χ1n) is 16.9. The molecule has 1 saturated heterocycles. The number of amides is 2. The fraction of sp³-hybridized carbons (Fsp3) is 0.474. The molecule has 264 valence electrons. The van der Waals surface area contributed by atoms with Crippen LogP contribution in [-0.2, 0) is 25.6 Å². The van der Waals surface area contributed by atoms with Crippen LogP contribution in [0.5, 0.6) is 17.2 Å². The van der Waals surface area contributed by atoms with Gasteiger partial charge < -0.3 is 38.2 Å². The van der Waals surface area contributed by atoms with Crippen molar-refractivity contribution in [3.8, 4) is 17.2 Å². The zero-order chi connectivity index (χ0) is 34.8. The van der Waals surface area contributed by atoms with Gasteiger partial charge in [-0.1, -0.05) is 24.3 Å². The number of methoxy groups -OCH3 is 1. The SMILES string of the molecule is COCCCN1C(=O)COc2ccc(COC3CN(C(=O)OC(C)(C)C)CCC3c3ccc(OCCCOc4cccc(F)c4)cc3)cc21. The first kappa shape index (κ1) is 35.9. The van der Waals surface area contributed by atoms with E-state index in [1.807, 2.05) is 63.2 Å². The molecule has 2 aliphatic rings. The van der Waals surface area contributed by atoms with Gasteiger partial charge in [0.05, 0.1) is 38.2 Å². The molecule has 10 nitrogen and oxygen atoms in total. The molecule has 11 heteroatoms. The molecule has 2 atom stereocenters. The van der Waals surface area contributed by atoms with Gasteiger partial charge in [0.2, 0.25) is 0 Å². The molecule has 0 aromatic heterocycles. The molecule has 2 unspecified atom stereocenters. The fourth-order valence-corrected chi connectivity index (χ4v) is 5.92. The standard InChI is InChI=1S/C38H47FN2O8/c1-38(2,3)49-37(43)40-18-16-32(28-11-13-30(14-12-28)45-20-7-21-46-31-9-5-8-29(39)23-31)35(24-40)47-25-27-10-15-34-33(22-27)41(17-6-19-44-4)36(42)26-48-34/h5,8-15,22-23,32,35H,6-7,16-21,24-26H2,1-4H3. The molecule has 3 aromatic rings. The monoisotopic (exact) mass is 678 g/mol. The van der Waals surface area contributed by atoms with E-state index in [0.717, 1.165) is 22.6 Å². The highest BCUT2D eigenvalue weighted by molar-refractivity contribution is 5.97. The maximum Gasteiger partial charge on any atom is 0.410 e. The number of halogens is 1. The maximum absolute atomic E-state index is 13.4. The first-order chi connectivity index (χ1) is 23.6. The number of rotatable bonds is 14. The van der Waals surface area contributed by atoms with Gasteiger partial charge in [0.15, 0.2) is 6.61 Å². The molecule has 3 aromatic carbocycles. The third kappa shape index (κ3) is 10.3. The molecular formula is C38H47FN2O8. The van der Waals surface area contributed by atoms with Crippen molar-refractivity contribution in [2.75, 3.05) is 58.1 Å². The van der Waals surface area contributed by atoms with Crippen molar-refractivity contribution >= 4 is 17.7 Å². The number of benzene rings is 3. The highest BCUT2D eigenvalue weighted by Gasteiger charge is 2.35. The molecule has 2 amide bonds. The van der Waals surface area contributed by atoms with Crippen molar-refractivity contribution in [3.05, 3.63) is 83.7 Å². The second kappa shape index (κ2) is 16.8. The van der Waals surface area contributed by atoms with Crippen LogP contribution in [0.2, 0.25) is 0 Å². The summed E-state index contributed by atoms with van der Waals surface area (Å²) in [5.41, 5.74) is 2.10. The Morgan fingerprint density at radius 2 is 1.73 bits per heavy atom. The van der Waals surface area contributed by atoms with Gasteiger partial charge in [0.1, 0.15) is 28.7 Å². The zero-order valence-corrected chi connectivity index (χ0v) is 28.8. The van der Waals surface area contributed by atoms with Crippen molar-refractivity contribution in [3.63, 3.8) is 0 Å². The second-order valence-electron chi connectivity index (χ2n) is 13.2. The molecule has 0 N–H and O–H groups in total. The quantitative estimate of drug-likeness (QED) is 0.173. The van der Waals surface area contributed by atoms with Crippen LogP contribution in [0.3, 0.4) is 0 Å². The number of ether oxygens (including phenoxy) is 6. The van der Waals surface area contributed by atoms with E-state index in [-0.39, 0.29) is 43.1 Å². The highest BCUT2D eigenvalue weighted by Crippen LogP contribution is 2.36. The van der Waals surface area contributed by atoms with E-state index in [1.54, 1.807) is 29.0 Å². The van der Waals surface area contributed by atoms with E-state index in [1.165, 1.54) is 12.1 Å².